The van der Waals surface area contributed by atoms with Crippen LogP contribution in [0.2, 0.25) is 3.63 Å². The molecule has 0 N–H and O–H groups in total. The Hall–Kier alpha value is -3.35. The van der Waals surface area contributed by atoms with Crippen LogP contribution in [0.1, 0.15) is 86.1 Å². The molecule has 2 aliphatic rings. The summed E-state index contributed by atoms with van der Waals surface area (Å²) in [6.07, 6.45) is 12.8. The zero-order valence-electron chi connectivity index (χ0n) is 33.1. The molecule has 0 aliphatic heterocycles. The Balaban J connectivity index is 0.00000249. The van der Waals surface area contributed by atoms with Crippen LogP contribution in [0.25, 0.3) is 32.7 Å². The number of halogens is 2. The Morgan fingerprint density at radius 1 is 0.611 bits per heavy atom. The Labute approximate surface area is 343 Å². The maximum absolute atomic E-state index is 2.77. The van der Waals surface area contributed by atoms with Gasteiger partial charge in [-0.1, -0.05) is 0 Å². The molecule has 2 aliphatic carbocycles. The average Bonchev–Trinajstić information content (AvgIpc) is 3.76. The zero-order chi connectivity index (χ0) is 36.4. The first kappa shape index (κ1) is 40.3. The van der Waals surface area contributed by atoms with Gasteiger partial charge in [0.05, 0.1) is 0 Å². The van der Waals surface area contributed by atoms with E-state index in [0.717, 1.165) is 19.3 Å². The van der Waals surface area contributed by atoms with E-state index in [4.69, 9.17) is 0 Å². The first-order chi connectivity index (χ1) is 24.9. The largest absolute Gasteiger partial charge is 1.00 e. The van der Waals surface area contributed by atoms with E-state index in [0.29, 0.717) is 3.63 Å². The van der Waals surface area contributed by atoms with Gasteiger partial charge in [0.1, 0.15) is 0 Å². The van der Waals surface area contributed by atoms with Crippen LogP contribution in [0.3, 0.4) is 0 Å². The van der Waals surface area contributed by atoms with Gasteiger partial charge in [0, 0.05) is 0 Å². The van der Waals surface area contributed by atoms with Crippen LogP contribution in [0.5, 0.6) is 0 Å². The standard InChI is InChI=1S/C23H18.C23H29.C5H5.2ClH.Zr/c1-3-16-22-18(8-1)10-5-12-20(22)14-7-15-21-13-6-11-19-9-2-4-17-23(19)21;1-14-9-16-11-17-10-15(2)21(23(6,7)8)13-19(17)18(16)12-20(14)22(3,4)5;1-2-4-5-3-1;;;/h1-6,8-13,16-17H,14-15H2;9,12-13H,11H2,1-8H3;1-5H;2*1H;/q;;;;;+2/p-2. The van der Waals surface area contributed by atoms with Crippen molar-refractivity contribution in [2.75, 3.05) is 0 Å². The van der Waals surface area contributed by atoms with E-state index in [9.17, 15) is 0 Å². The summed E-state index contributed by atoms with van der Waals surface area (Å²) < 4.78 is 4.03. The molecule has 0 unspecified atom stereocenters. The normalized spacial score (nSPS) is 13.3. The van der Waals surface area contributed by atoms with E-state index in [-0.39, 0.29) is 35.6 Å². The Morgan fingerprint density at radius 3 is 1.65 bits per heavy atom. The van der Waals surface area contributed by atoms with Crippen LogP contribution >= 0.6 is 0 Å². The minimum Gasteiger partial charge on any atom is -1.00 e. The number of allylic oxidation sites excluding steroid dienone is 4. The first-order valence-electron chi connectivity index (χ1n) is 19.2. The maximum atomic E-state index is 2.61. The number of aryl methyl sites for hydroxylation is 1. The summed E-state index contributed by atoms with van der Waals surface area (Å²) in [5.74, 6) is 0. The Morgan fingerprint density at radius 2 is 1.11 bits per heavy atom. The van der Waals surface area contributed by atoms with Crippen LogP contribution in [-0.4, -0.2) is 3.21 Å². The maximum Gasteiger partial charge on any atom is -1.00 e. The Kier molecular flexibility index (Phi) is 11.7. The number of hydrogen-bond acceptors (Lipinski definition) is 0. The molecule has 0 heterocycles. The summed E-state index contributed by atoms with van der Waals surface area (Å²) in [6.45, 7) is 19.2. The molecule has 0 saturated carbocycles. The summed E-state index contributed by atoms with van der Waals surface area (Å²) >= 11 is -2.77. The predicted octanol–water partition coefficient (Wildman–Crippen LogP) is 6.60. The molecule has 0 saturated heterocycles. The van der Waals surface area contributed by atoms with Crippen LogP contribution in [0.4, 0.5) is 0 Å². The quantitative estimate of drug-likeness (QED) is 0.178. The molecule has 274 valence electrons. The van der Waals surface area contributed by atoms with Crippen LogP contribution in [-0.2, 0) is 51.4 Å². The monoisotopic (exact) mass is 824 g/mol. The van der Waals surface area contributed by atoms with E-state index in [2.05, 4.69) is 183 Å². The molecule has 0 atom stereocenters. The summed E-state index contributed by atoms with van der Waals surface area (Å²) in [4.78, 5) is 0. The van der Waals surface area contributed by atoms with Crippen molar-refractivity contribution in [2.24, 2.45) is 0 Å². The SMILES string of the molecule is Cc1cc2c(cc1C(C)(C)C)-c1cc(C(C)(C)C)c(C)[c]([Zr+2](=[C](Cc3cccc4ccccc34)Cc3cccc4ccccc34)[CH]3C=CC=C3)c1C2.[Cl-].[Cl-]. The molecule has 0 radical (unpaired) electrons. The molecule has 8 rings (SSSR count). The van der Waals surface area contributed by atoms with E-state index >= 15 is 0 Å². The van der Waals surface area contributed by atoms with Gasteiger partial charge in [-0.2, -0.15) is 0 Å². The topological polar surface area (TPSA) is 0 Å². The molecule has 0 fully saturated rings. The van der Waals surface area contributed by atoms with E-state index in [1.807, 2.05) is 0 Å². The van der Waals surface area contributed by atoms with Crippen molar-refractivity contribution in [1.82, 2.24) is 0 Å². The van der Waals surface area contributed by atoms with Gasteiger partial charge in [-0.15, -0.1) is 0 Å². The third-order valence-corrected chi connectivity index (χ3v) is 20.0. The smallest absolute Gasteiger partial charge is 1.00 e. The van der Waals surface area contributed by atoms with Crippen molar-refractivity contribution >= 4 is 28.0 Å². The predicted molar refractivity (Wildman–Crippen MR) is 224 cm³/mol. The van der Waals surface area contributed by atoms with Crippen LogP contribution in [0.15, 0.2) is 127 Å². The van der Waals surface area contributed by atoms with Gasteiger partial charge in [0.2, 0.25) is 0 Å². The fourth-order valence-electron chi connectivity index (χ4n) is 9.38. The minimum atomic E-state index is -2.77. The van der Waals surface area contributed by atoms with Crippen molar-refractivity contribution in [1.29, 1.82) is 0 Å². The molecule has 6 aromatic rings. The second-order valence-corrected chi connectivity index (χ2v) is 24.0. The van der Waals surface area contributed by atoms with E-state index < -0.39 is 21.3 Å². The molecule has 6 aromatic carbocycles. The van der Waals surface area contributed by atoms with Crippen molar-refractivity contribution in [3.63, 3.8) is 0 Å². The fraction of sp³-hybridized carbons (Fsp3) is 0.275. The van der Waals surface area contributed by atoms with Gasteiger partial charge >= 0.3 is 321 Å². The third-order valence-electron chi connectivity index (χ3n) is 11.7. The van der Waals surface area contributed by atoms with Crippen LogP contribution in [0, 0.1) is 13.8 Å². The van der Waals surface area contributed by atoms with Crippen molar-refractivity contribution in [3.05, 3.63) is 172 Å². The minimum absolute atomic E-state index is 0. The molecule has 54 heavy (non-hydrogen) atoms. The molecule has 0 spiro atoms. The first-order valence-corrected chi connectivity index (χ1v) is 23.1. The second kappa shape index (κ2) is 15.7. The molecular formula is C51H52Cl2Zr. The van der Waals surface area contributed by atoms with Gasteiger partial charge in [-0.25, -0.2) is 0 Å². The van der Waals surface area contributed by atoms with Crippen LogP contribution < -0.4 is 28.1 Å². The molecule has 0 bridgehead atoms. The summed E-state index contributed by atoms with van der Waals surface area (Å²) in [7, 11) is 0. The van der Waals surface area contributed by atoms with E-state index in [1.165, 1.54) is 66.1 Å². The van der Waals surface area contributed by atoms with Gasteiger partial charge in [-0.3, -0.25) is 0 Å². The summed E-state index contributed by atoms with van der Waals surface area (Å²) in [6, 6.07) is 39.7. The zero-order valence-corrected chi connectivity index (χ0v) is 37.0. The fourth-order valence-corrected chi connectivity index (χ4v) is 18.3. The van der Waals surface area contributed by atoms with E-state index in [1.54, 1.807) is 17.6 Å². The van der Waals surface area contributed by atoms with Gasteiger partial charge < -0.3 is 24.8 Å². The van der Waals surface area contributed by atoms with Gasteiger partial charge in [-0.05, 0) is 0 Å². The average molecular weight is 827 g/mol. The van der Waals surface area contributed by atoms with Crippen molar-refractivity contribution in [2.45, 2.75) is 89.1 Å². The Bertz CT molecular complexity index is 2380. The van der Waals surface area contributed by atoms with Crippen molar-refractivity contribution in [3.8, 4) is 11.1 Å². The number of hydrogen-bond donors (Lipinski definition) is 0. The number of benzene rings is 6. The second-order valence-electron chi connectivity index (χ2n) is 17.4. The summed E-state index contributed by atoms with van der Waals surface area (Å²) in [5.41, 5.74) is 15.2. The van der Waals surface area contributed by atoms with Gasteiger partial charge in [0.25, 0.3) is 0 Å². The molecule has 0 aromatic heterocycles. The molecule has 0 nitrogen and oxygen atoms in total. The van der Waals surface area contributed by atoms with Crippen molar-refractivity contribution < 1.29 is 46.1 Å². The number of rotatable bonds is 6. The molecular weight excluding hydrogens is 775 g/mol. The van der Waals surface area contributed by atoms with Gasteiger partial charge in [0.15, 0.2) is 0 Å². The molecule has 0 amide bonds. The number of fused-ring (bicyclic) bond motifs is 5. The third kappa shape index (κ3) is 7.47. The summed E-state index contributed by atoms with van der Waals surface area (Å²) in [5, 5.41) is 5.46. The molecule has 3 heteroatoms.